The van der Waals surface area contributed by atoms with E-state index in [-0.39, 0.29) is 30.3 Å². The second-order valence-corrected chi connectivity index (χ2v) is 7.09. The van der Waals surface area contributed by atoms with Gasteiger partial charge < -0.3 is 9.64 Å². The summed E-state index contributed by atoms with van der Waals surface area (Å²) in [6.45, 7) is 5.41. The molecule has 2 aromatic rings. The number of rotatable bonds is 6. The van der Waals surface area contributed by atoms with Crippen molar-refractivity contribution in [2.45, 2.75) is 45.7 Å². The van der Waals surface area contributed by atoms with Gasteiger partial charge in [0, 0.05) is 24.9 Å². The molecular weight excluding hydrogens is 344 g/mol. The first-order valence-corrected chi connectivity index (χ1v) is 9.37. The van der Waals surface area contributed by atoms with Gasteiger partial charge in [0.25, 0.3) is 0 Å². The minimum absolute atomic E-state index is 0.0492. The fourth-order valence-corrected chi connectivity index (χ4v) is 3.50. The van der Waals surface area contributed by atoms with Crippen molar-refractivity contribution >= 4 is 11.9 Å². The van der Waals surface area contributed by atoms with Crippen LogP contribution in [0.15, 0.2) is 30.3 Å². The first-order valence-electron chi connectivity index (χ1n) is 9.37. The van der Waals surface area contributed by atoms with Gasteiger partial charge in [0.05, 0.1) is 19.7 Å². The van der Waals surface area contributed by atoms with Crippen LogP contribution >= 0.6 is 0 Å². The van der Waals surface area contributed by atoms with Crippen molar-refractivity contribution in [3.05, 3.63) is 36.2 Å². The molecule has 0 saturated heterocycles. The van der Waals surface area contributed by atoms with E-state index in [9.17, 15) is 9.59 Å². The highest BCUT2D eigenvalue weighted by molar-refractivity contribution is 5.77. The summed E-state index contributed by atoms with van der Waals surface area (Å²) in [6.07, 6.45) is 1.09. The number of methoxy groups -OCH3 is 1. The van der Waals surface area contributed by atoms with Crippen molar-refractivity contribution in [3.63, 3.8) is 0 Å². The number of carbonyl (C=O) groups is 2. The lowest BCUT2D eigenvalue weighted by atomic mass is 9.99. The minimum Gasteiger partial charge on any atom is -0.469 e. The van der Waals surface area contributed by atoms with Crippen LogP contribution in [0.4, 0.5) is 0 Å². The lowest BCUT2D eigenvalue weighted by Gasteiger charge is -2.37. The molecule has 144 valence electrons. The average molecular weight is 370 g/mol. The van der Waals surface area contributed by atoms with E-state index in [4.69, 9.17) is 4.98 Å². The summed E-state index contributed by atoms with van der Waals surface area (Å²) in [4.78, 5) is 30.7. The number of hydrogen-bond donors (Lipinski definition) is 0. The van der Waals surface area contributed by atoms with Gasteiger partial charge in [-0.1, -0.05) is 44.2 Å². The molecule has 1 aromatic carbocycles. The van der Waals surface area contributed by atoms with E-state index in [1.165, 1.54) is 7.11 Å². The lowest BCUT2D eigenvalue weighted by Crippen LogP contribution is -2.44. The zero-order chi connectivity index (χ0) is 19.4. The van der Waals surface area contributed by atoms with E-state index in [0.717, 1.165) is 11.4 Å². The molecule has 1 aliphatic rings. The smallest absolute Gasteiger partial charge is 0.305 e. The van der Waals surface area contributed by atoms with E-state index in [0.29, 0.717) is 31.8 Å². The van der Waals surface area contributed by atoms with Crippen molar-refractivity contribution in [1.29, 1.82) is 0 Å². The van der Waals surface area contributed by atoms with Crippen LogP contribution in [0.2, 0.25) is 0 Å². The molecule has 7 nitrogen and oxygen atoms in total. The van der Waals surface area contributed by atoms with Crippen LogP contribution in [-0.4, -0.2) is 45.2 Å². The lowest BCUT2D eigenvalue weighted by molar-refractivity contribution is -0.141. The Morgan fingerprint density at radius 3 is 2.59 bits per heavy atom. The van der Waals surface area contributed by atoms with Gasteiger partial charge in [-0.25, -0.2) is 9.67 Å². The molecule has 1 aliphatic heterocycles. The number of amides is 1. The molecule has 1 aromatic heterocycles. The average Bonchev–Trinajstić information content (AvgIpc) is 3.11. The van der Waals surface area contributed by atoms with Crippen molar-refractivity contribution in [2.75, 3.05) is 13.7 Å². The molecule has 0 unspecified atom stereocenters. The van der Waals surface area contributed by atoms with Gasteiger partial charge in [0.2, 0.25) is 5.91 Å². The number of ether oxygens (including phenoxy) is 1. The van der Waals surface area contributed by atoms with Crippen LogP contribution in [0.5, 0.6) is 0 Å². The third-order valence-electron chi connectivity index (χ3n) is 4.84. The Kier molecular flexibility index (Phi) is 5.88. The molecule has 7 heteroatoms. The quantitative estimate of drug-likeness (QED) is 0.731. The van der Waals surface area contributed by atoms with Crippen molar-refractivity contribution < 1.29 is 14.3 Å². The third-order valence-corrected chi connectivity index (χ3v) is 4.84. The predicted molar refractivity (Wildman–Crippen MR) is 101 cm³/mol. The molecule has 0 radical (unpaired) electrons. The Morgan fingerprint density at radius 2 is 1.93 bits per heavy atom. The highest BCUT2D eigenvalue weighted by Crippen LogP contribution is 2.32. The van der Waals surface area contributed by atoms with E-state index >= 15 is 0 Å². The number of nitrogens with zero attached hydrogens (tertiary/aromatic N) is 4. The maximum Gasteiger partial charge on any atom is 0.305 e. The van der Waals surface area contributed by atoms with Crippen molar-refractivity contribution in [1.82, 2.24) is 19.7 Å². The first kappa shape index (κ1) is 19.1. The van der Waals surface area contributed by atoms with Crippen LogP contribution in [-0.2, 0) is 20.9 Å². The minimum atomic E-state index is -0.283. The first-order chi connectivity index (χ1) is 13.0. The Balaban J connectivity index is 1.79. The van der Waals surface area contributed by atoms with Gasteiger partial charge in [-0.05, 0) is 12.3 Å². The third kappa shape index (κ3) is 4.18. The Labute approximate surface area is 159 Å². The molecule has 3 rings (SSSR count). The summed E-state index contributed by atoms with van der Waals surface area (Å²) in [6, 6.07) is 9.75. The molecule has 1 atom stereocenters. The van der Waals surface area contributed by atoms with Gasteiger partial charge in [0.1, 0.15) is 0 Å². The highest BCUT2D eigenvalue weighted by Gasteiger charge is 2.35. The fourth-order valence-electron chi connectivity index (χ4n) is 3.50. The van der Waals surface area contributed by atoms with E-state index in [1.807, 2.05) is 39.9 Å². The van der Waals surface area contributed by atoms with Gasteiger partial charge in [-0.2, -0.15) is 5.10 Å². The normalized spacial score (nSPS) is 16.3. The SMILES string of the molecule is COC(=O)CCCC(=O)N1CCn2nc(-c3ccccc3)nc2[C@@H]1C(C)C. The highest BCUT2D eigenvalue weighted by atomic mass is 16.5. The summed E-state index contributed by atoms with van der Waals surface area (Å²) in [5.74, 6) is 1.50. The molecular formula is C20H26N4O3. The monoisotopic (exact) mass is 370 g/mol. The number of carbonyl (C=O) groups excluding carboxylic acids is 2. The van der Waals surface area contributed by atoms with E-state index < -0.39 is 0 Å². The van der Waals surface area contributed by atoms with Gasteiger partial charge in [-0.15, -0.1) is 0 Å². The zero-order valence-electron chi connectivity index (χ0n) is 16.1. The standard InChI is InChI=1S/C20H26N4O3/c1-14(2)18-20-21-19(15-8-5-4-6-9-15)22-24(20)13-12-23(18)16(25)10-7-11-17(26)27-3/h4-6,8-9,14,18H,7,10-13H2,1-3H3/t18-/m0/s1. The molecule has 0 saturated carbocycles. The summed E-state index contributed by atoms with van der Waals surface area (Å²) < 4.78 is 6.56. The van der Waals surface area contributed by atoms with Crippen LogP contribution in [0.1, 0.15) is 45.0 Å². The number of fused-ring (bicyclic) bond motifs is 1. The maximum absolute atomic E-state index is 12.8. The number of aromatic nitrogens is 3. The van der Waals surface area contributed by atoms with Crippen molar-refractivity contribution in [2.24, 2.45) is 5.92 Å². The number of esters is 1. The molecule has 0 fully saturated rings. The van der Waals surface area contributed by atoms with Crippen LogP contribution in [0.3, 0.4) is 0 Å². The summed E-state index contributed by atoms with van der Waals surface area (Å²) >= 11 is 0. The number of benzene rings is 1. The van der Waals surface area contributed by atoms with Crippen LogP contribution in [0, 0.1) is 5.92 Å². The van der Waals surface area contributed by atoms with E-state index in [1.54, 1.807) is 0 Å². The second kappa shape index (κ2) is 8.33. The molecule has 2 heterocycles. The molecule has 1 amide bonds. The predicted octanol–water partition coefficient (Wildman–Crippen LogP) is 2.83. The Morgan fingerprint density at radius 1 is 1.19 bits per heavy atom. The molecule has 0 spiro atoms. The largest absolute Gasteiger partial charge is 0.469 e. The summed E-state index contributed by atoms with van der Waals surface area (Å²) in [7, 11) is 1.36. The molecule has 0 bridgehead atoms. The molecule has 27 heavy (non-hydrogen) atoms. The molecule has 0 aliphatic carbocycles. The Bertz CT molecular complexity index is 801. The molecule has 0 N–H and O–H groups in total. The summed E-state index contributed by atoms with van der Waals surface area (Å²) in [5.41, 5.74) is 0.970. The summed E-state index contributed by atoms with van der Waals surface area (Å²) in [5, 5.41) is 4.65. The van der Waals surface area contributed by atoms with Crippen LogP contribution < -0.4 is 0 Å². The van der Waals surface area contributed by atoms with Crippen LogP contribution in [0.25, 0.3) is 11.4 Å². The number of hydrogen-bond acceptors (Lipinski definition) is 5. The van der Waals surface area contributed by atoms with E-state index in [2.05, 4.69) is 23.7 Å². The second-order valence-electron chi connectivity index (χ2n) is 7.09. The topological polar surface area (TPSA) is 77.3 Å². The van der Waals surface area contributed by atoms with Gasteiger partial charge in [-0.3, -0.25) is 9.59 Å². The zero-order valence-corrected chi connectivity index (χ0v) is 16.1. The van der Waals surface area contributed by atoms with Gasteiger partial charge >= 0.3 is 5.97 Å². The fraction of sp³-hybridized carbons (Fsp3) is 0.500. The Hall–Kier alpha value is -2.70. The maximum atomic E-state index is 12.8. The van der Waals surface area contributed by atoms with Gasteiger partial charge in [0.15, 0.2) is 11.6 Å². The van der Waals surface area contributed by atoms with Crippen molar-refractivity contribution in [3.8, 4) is 11.4 Å².